The number of halogens is 10. The Morgan fingerprint density at radius 1 is 0.690 bits per heavy atom. The van der Waals surface area contributed by atoms with Crippen molar-refractivity contribution in [2.45, 2.75) is 36.7 Å². The molecule has 2 unspecified atom stereocenters. The summed E-state index contributed by atoms with van der Waals surface area (Å²) in [6.07, 6.45) is -10.1. The van der Waals surface area contributed by atoms with Crippen molar-refractivity contribution >= 4 is 56.9 Å². The molecule has 2 aromatic carbocycles. The highest BCUT2D eigenvalue weighted by atomic mass is 127. The van der Waals surface area contributed by atoms with E-state index >= 15 is 0 Å². The minimum atomic E-state index is -5.03. The van der Waals surface area contributed by atoms with E-state index in [1.165, 1.54) is 59.0 Å². The van der Waals surface area contributed by atoms with Crippen LogP contribution in [0.25, 0.3) is 0 Å². The van der Waals surface area contributed by atoms with E-state index in [9.17, 15) is 35.1 Å². The van der Waals surface area contributed by atoms with Gasteiger partial charge in [0, 0.05) is 7.14 Å². The van der Waals surface area contributed by atoms with Gasteiger partial charge < -0.3 is 0 Å². The molecule has 0 bridgehead atoms. The molecule has 0 radical (unpaired) electrons. The van der Waals surface area contributed by atoms with Crippen molar-refractivity contribution in [3.05, 3.63) is 65.3 Å². The Balaban J connectivity index is 2.63. The lowest BCUT2D eigenvalue weighted by molar-refractivity contribution is -0.136. The summed E-state index contributed by atoms with van der Waals surface area (Å²) in [7, 11) is 0. The topological polar surface area (TPSA) is 0 Å². The van der Waals surface area contributed by atoms with Crippen LogP contribution in [0.5, 0.6) is 0 Å². The van der Waals surface area contributed by atoms with Gasteiger partial charge in [0.25, 0.3) is 0 Å². The number of hydrogen-bond donors (Lipinski definition) is 0. The van der Waals surface area contributed by atoms with Crippen LogP contribution in [0.3, 0.4) is 0 Å². The number of rotatable bonds is 4. The molecule has 0 saturated carbocycles. The molecule has 0 aromatic heterocycles. The van der Waals surface area contributed by atoms with Crippen molar-refractivity contribution in [1.82, 2.24) is 0 Å². The quantitative estimate of drug-likeness (QED) is 0.233. The van der Waals surface area contributed by atoms with Crippen molar-refractivity contribution in [3.63, 3.8) is 0 Å². The van der Waals surface area contributed by atoms with E-state index in [4.69, 9.17) is 0 Å². The molecule has 0 saturated heterocycles. The van der Waals surface area contributed by atoms with Gasteiger partial charge in [-0.05, 0) is 106 Å². The highest BCUT2D eigenvalue weighted by Gasteiger charge is 2.50. The summed E-state index contributed by atoms with van der Waals surface area (Å²) in [5, 5.41) is -5.10. The van der Waals surface area contributed by atoms with Gasteiger partial charge in [-0.1, -0.05) is 0 Å². The summed E-state index contributed by atoms with van der Waals surface area (Å²) in [4.78, 5) is 0. The fraction of sp³-hybridized carbons (Fsp3) is 0.333. The number of aryl methyl sites for hydroxylation is 2. The standard InChI is InChI=1S/C18H12F8I2S/c1-7-3-11(19)13(27)5-9(7)15(17(21,22)23)29-16(18(24,25)26)10-6-14(28)12(20)4-8(10)2/h3-6,15-16H,1-2H3. The Kier molecular flexibility index (Phi) is 7.79. The molecule has 29 heavy (non-hydrogen) atoms. The molecule has 0 aliphatic carbocycles. The predicted octanol–water partition coefficient (Wildman–Crippen LogP) is 8.43. The van der Waals surface area contributed by atoms with Crippen molar-refractivity contribution in [3.8, 4) is 0 Å². The molecular formula is C18H12F8I2S. The van der Waals surface area contributed by atoms with E-state index in [1.54, 1.807) is 0 Å². The molecule has 0 N–H and O–H groups in total. The fourth-order valence-corrected chi connectivity index (χ4v) is 5.04. The lowest BCUT2D eigenvalue weighted by Gasteiger charge is -2.29. The van der Waals surface area contributed by atoms with Gasteiger partial charge in [-0.25, -0.2) is 8.78 Å². The highest BCUT2D eigenvalue weighted by Crippen LogP contribution is 2.55. The first-order valence-corrected chi connectivity index (χ1v) is 10.9. The summed E-state index contributed by atoms with van der Waals surface area (Å²) in [6, 6.07) is 3.55. The van der Waals surface area contributed by atoms with Crippen molar-refractivity contribution in [2.24, 2.45) is 0 Å². The van der Waals surface area contributed by atoms with Gasteiger partial charge >= 0.3 is 12.4 Å². The molecule has 2 rings (SSSR count). The van der Waals surface area contributed by atoms with Crippen molar-refractivity contribution in [2.75, 3.05) is 0 Å². The molecule has 0 aliphatic heterocycles. The number of benzene rings is 2. The molecular weight excluding hydrogens is 654 g/mol. The highest BCUT2D eigenvalue weighted by molar-refractivity contribution is 14.1. The second-order valence-electron chi connectivity index (χ2n) is 6.23. The van der Waals surface area contributed by atoms with Gasteiger partial charge in [0.05, 0.1) is 0 Å². The van der Waals surface area contributed by atoms with Crippen LogP contribution in [-0.4, -0.2) is 12.4 Å². The molecule has 0 aliphatic rings. The van der Waals surface area contributed by atoms with Crippen LogP contribution < -0.4 is 0 Å². The van der Waals surface area contributed by atoms with Crippen LogP contribution >= 0.6 is 56.9 Å². The Morgan fingerprint density at radius 3 is 1.28 bits per heavy atom. The average molecular weight is 666 g/mol. The summed E-state index contributed by atoms with van der Waals surface area (Å²) in [5.41, 5.74) is -1.11. The maximum absolute atomic E-state index is 13.8. The average Bonchev–Trinajstić information content (AvgIpc) is 2.54. The predicted molar refractivity (Wildman–Crippen MR) is 113 cm³/mol. The molecule has 0 heterocycles. The summed E-state index contributed by atoms with van der Waals surface area (Å²) >= 11 is 2.64. The maximum atomic E-state index is 13.8. The van der Waals surface area contributed by atoms with Gasteiger partial charge in [-0.3, -0.25) is 0 Å². The first-order chi connectivity index (χ1) is 13.1. The Morgan fingerprint density at radius 2 is 1.00 bits per heavy atom. The van der Waals surface area contributed by atoms with E-state index < -0.39 is 45.6 Å². The largest absolute Gasteiger partial charge is 0.404 e. The van der Waals surface area contributed by atoms with Gasteiger partial charge in [-0.2, -0.15) is 26.3 Å². The van der Waals surface area contributed by atoms with Gasteiger partial charge in [0.1, 0.15) is 22.1 Å². The Labute approximate surface area is 193 Å². The molecule has 0 spiro atoms. The molecule has 2 aromatic rings. The Bertz CT molecular complexity index is 835. The van der Waals surface area contributed by atoms with E-state index in [1.807, 2.05) is 0 Å². The van der Waals surface area contributed by atoms with Crippen LogP contribution in [0, 0.1) is 32.6 Å². The number of hydrogen-bond acceptors (Lipinski definition) is 1. The first kappa shape index (κ1) is 25.0. The van der Waals surface area contributed by atoms with Crippen LogP contribution in [0.2, 0.25) is 0 Å². The maximum Gasteiger partial charge on any atom is 0.404 e. The van der Waals surface area contributed by atoms with Crippen LogP contribution in [0.1, 0.15) is 32.8 Å². The van der Waals surface area contributed by atoms with Crippen LogP contribution in [0.15, 0.2) is 24.3 Å². The second kappa shape index (κ2) is 9.05. The Hall–Kier alpha value is -0.310. The van der Waals surface area contributed by atoms with E-state index in [2.05, 4.69) is 0 Å². The second-order valence-corrected chi connectivity index (χ2v) is 9.76. The normalized spacial score (nSPS) is 14.8. The van der Waals surface area contributed by atoms with Gasteiger partial charge in [0.15, 0.2) is 0 Å². The lowest BCUT2D eigenvalue weighted by Crippen LogP contribution is -2.26. The minimum Gasteiger partial charge on any atom is -0.206 e. The molecule has 0 nitrogen and oxygen atoms in total. The molecule has 2 atom stereocenters. The third-order valence-electron chi connectivity index (χ3n) is 4.05. The summed E-state index contributed by atoms with van der Waals surface area (Å²) in [6.45, 7) is 2.42. The molecule has 0 fully saturated rings. The zero-order valence-corrected chi connectivity index (χ0v) is 19.8. The summed E-state index contributed by atoms with van der Waals surface area (Å²) in [5.74, 6) is -1.51. The smallest absolute Gasteiger partial charge is 0.206 e. The minimum absolute atomic E-state index is 0.107. The third-order valence-corrected chi connectivity index (χ3v) is 7.29. The molecule has 0 amide bonds. The zero-order chi connectivity index (χ0) is 22.3. The first-order valence-electron chi connectivity index (χ1n) is 7.83. The lowest BCUT2D eigenvalue weighted by atomic mass is 10.0. The third kappa shape index (κ3) is 5.89. The van der Waals surface area contributed by atoms with E-state index in [0.717, 1.165) is 24.3 Å². The zero-order valence-electron chi connectivity index (χ0n) is 14.7. The molecule has 160 valence electrons. The van der Waals surface area contributed by atoms with Crippen molar-refractivity contribution < 1.29 is 35.1 Å². The van der Waals surface area contributed by atoms with Crippen molar-refractivity contribution in [1.29, 1.82) is 0 Å². The SMILES string of the molecule is Cc1cc(F)c(I)cc1C(SC(c1cc(I)c(F)cc1C)C(F)(F)F)C(F)(F)F. The van der Waals surface area contributed by atoms with Gasteiger partial charge in [-0.15, -0.1) is 11.8 Å². The fourth-order valence-electron chi connectivity index (χ4n) is 2.68. The van der Waals surface area contributed by atoms with E-state index in [0.29, 0.717) is 0 Å². The summed E-state index contributed by atoms with van der Waals surface area (Å²) < 4.78 is 110. The molecule has 11 heteroatoms. The van der Waals surface area contributed by atoms with E-state index in [-0.39, 0.29) is 30.0 Å². The monoisotopic (exact) mass is 666 g/mol. The number of thioether (sulfide) groups is 1. The number of alkyl halides is 6. The van der Waals surface area contributed by atoms with Crippen LogP contribution in [0.4, 0.5) is 35.1 Å². The van der Waals surface area contributed by atoms with Crippen LogP contribution in [-0.2, 0) is 0 Å². The van der Waals surface area contributed by atoms with Gasteiger partial charge in [0.2, 0.25) is 0 Å².